The quantitative estimate of drug-likeness (QED) is 0.753. The van der Waals surface area contributed by atoms with Crippen LogP contribution in [0.5, 0.6) is 0 Å². The van der Waals surface area contributed by atoms with Gasteiger partial charge in [0.1, 0.15) is 0 Å². The van der Waals surface area contributed by atoms with Gasteiger partial charge in [0.25, 0.3) is 0 Å². The van der Waals surface area contributed by atoms with Gasteiger partial charge in [-0.05, 0) is 35.6 Å². The SMILES string of the molecule is Nc1ccccc1CCC(=O)NCc1ccccc1CN1CCCC1=O. The van der Waals surface area contributed by atoms with Crippen molar-refractivity contribution in [1.82, 2.24) is 10.2 Å². The number of rotatable bonds is 7. The Balaban J connectivity index is 1.53. The molecule has 5 nitrogen and oxygen atoms in total. The molecule has 0 bridgehead atoms. The number of para-hydroxylation sites is 1. The molecule has 1 saturated heterocycles. The molecule has 5 heteroatoms. The smallest absolute Gasteiger partial charge is 0.222 e. The highest BCUT2D eigenvalue weighted by atomic mass is 16.2. The van der Waals surface area contributed by atoms with E-state index in [0.29, 0.717) is 32.4 Å². The van der Waals surface area contributed by atoms with Gasteiger partial charge >= 0.3 is 0 Å². The summed E-state index contributed by atoms with van der Waals surface area (Å²) < 4.78 is 0. The van der Waals surface area contributed by atoms with Crippen LogP contribution in [0.25, 0.3) is 0 Å². The van der Waals surface area contributed by atoms with Gasteiger partial charge in [0.15, 0.2) is 0 Å². The monoisotopic (exact) mass is 351 g/mol. The molecule has 0 aliphatic carbocycles. The van der Waals surface area contributed by atoms with Gasteiger partial charge < -0.3 is 16.0 Å². The first-order valence-corrected chi connectivity index (χ1v) is 9.08. The number of carbonyl (C=O) groups excluding carboxylic acids is 2. The highest BCUT2D eigenvalue weighted by Crippen LogP contribution is 2.17. The van der Waals surface area contributed by atoms with E-state index in [9.17, 15) is 9.59 Å². The van der Waals surface area contributed by atoms with Crippen molar-refractivity contribution in [3.8, 4) is 0 Å². The van der Waals surface area contributed by atoms with Gasteiger partial charge in [-0.3, -0.25) is 9.59 Å². The normalized spacial score (nSPS) is 13.8. The van der Waals surface area contributed by atoms with E-state index < -0.39 is 0 Å². The standard InChI is InChI=1S/C21H25N3O2/c22-19-9-4-3-6-16(19)11-12-20(25)23-14-17-7-1-2-8-18(17)15-24-13-5-10-21(24)26/h1-4,6-9H,5,10-15,22H2,(H,23,25). The highest BCUT2D eigenvalue weighted by Gasteiger charge is 2.20. The number of nitrogens with one attached hydrogen (secondary N) is 1. The van der Waals surface area contributed by atoms with Crippen LogP contribution < -0.4 is 11.1 Å². The van der Waals surface area contributed by atoms with Crippen LogP contribution in [0.3, 0.4) is 0 Å². The van der Waals surface area contributed by atoms with E-state index in [-0.39, 0.29) is 11.8 Å². The predicted octanol–water partition coefficient (Wildman–Crippen LogP) is 2.64. The fraction of sp³-hybridized carbons (Fsp3) is 0.333. The summed E-state index contributed by atoms with van der Waals surface area (Å²) in [5.74, 6) is 0.213. The zero-order valence-electron chi connectivity index (χ0n) is 14.9. The average Bonchev–Trinajstić information content (AvgIpc) is 3.05. The van der Waals surface area contributed by atoms with Crippen molar-refractivity contribution in [3.63, 3.8) is 0 Å². The number of aryl methyl sites for hydroxylation is 1. The summed E-state index contributed by atoms with van der Waals surface area (Å²) in [6.07, 6.45) is 2.60. The topological polar surface area (TPSA) is 75.4 Å². The molecule has 0 atom stereocenters. The van der Waals surface area contributed by atoms with Crippen LogP contribution in [-0.2, 0) is 29.1 Å². The summed E-state index contributed by atoms with van der Waals surface area (Å²) in [5.41, 5.74) is 9.78. The van der Waals surface area contributed by atoms with E-state index in [1.165, 1.54) is 0 Å². The molecule has 1 aliphatic rings. The fourth-order valence-electron chi connectivity index (χ4n) is 3.25. The van der Waals surface area contributed by atoms with Crippen LogP contribution >= 0.6 is 0 Å². The van der Waals surface area contributed by atoms with E-state index in [0.717, 1.165) is 35.3 Å². The van der Waals surface area contributed by atoms with Gasteiger partial charge in [-0.25, -0.2) is 0 Å². The molecule has 0 saturated carbocycles. The molecule has 0 radical (unpaired) electrons. The molecule has 1 fully saturated rings. The van der Waals surface area contributed by atoms with Crippen molar-refractivity contribution >= 4 is 17.5 Å². The number of likely N-dealkylation sites (tertiary alicyclic amines) is 1. The second-order valence-corrected chi connectivity index (χ2v) is 6.66. The third kappa shape index (κ3) is 4.63. The van der Waals surface area contributed by atoms with Crippen LogP contribution in [-0.4, -0.2) is 23.3 Å². The number of nitrogens with two attached hydrogens (primary N) is 1. The summed E-state index contributed by atoms with van der Waals surface area (Å²) in [7, 11) is 0. The van der Waals surface area contributed by atoms with E-state index in [1.807, 2.05) is 53.4 Å². The highest BCUT2D eigenvalue weighted by molar-refractivity contribution is 5.78. The lowest BCUT2D eigenvalue weighted by Gasteiger charge is -2.18. The van der Waals surface area contributed by atoms with E-state index >= 15 is 0 Å². The molecular formula is C21H25N3O2. The van der Waals surface area contributed by atoms with Crippen LogP contribution in [0.4, 0.5) is 5.69 Å². The Hall–Kier alpha value is -2.82. The Morgan fingerprint density at radius 3 is 2.42 bits per heavy atom. The maximum atomic E-state index is 12.2. The molecule has 2 aromatic carbocycles. The van der Waals surface area contributed by atoms with Crippen molar-refractivity contribution < 1.29 is 9.59 Å². The average molecular weight is 351 g/mol. The number of nitrogens with zero attached hydrogens (tertiary/aromatic N) is 1. The third-order valence-corrected chi connectivity index (χ3v) is 4.80. The van der Waals surface area contributed by atoms with Crippen molar-refractivity contribution in [2.45, 2.75) is 38.8 Å². The minimum atomic E-state index is 0.000282. The minimum absolute atomic E-state index is 0.000282. The number of hydrogen-bond donors (Lipinski definition) is 2. The first-order chi connectivity index (χ1) is 12.6. The fourth-order valence-corrected chi connectivity index (χ4v) is 3.25. The lowest BCUT2D eigenvalue weighted by molar-refractivity contribution is -0.128. The summed E-state index contributed by atoms with van der Waals surface area (Å²) in [4.78, 5) is 25.9. The molecule has 2 aromatic rings. The molecule has 3 N–H and O–H groups in total. The van der Waals surface area contributed by atoms with E-state index in [2.05, 4.69) is 5.32 Å². The Labute approximate surface area is 154 Å². The number of benzene rings is 2. The Kier molecular flexibility index (Phi) is 5.89. The van der Waals surface area contributed by atoms with Crippen LogP contribution in [0, 0.1) is 0 Å². The van der Waals surface area contributed by atoms with Crippen molar-refractivity contribution in [1.29, 1.82) is 0 Å². The number of hydrogen-bond acceptors (Lipinski definition) is 3. The summed E-state index contributed by atoms with van der Waals surface area (Å²) in [5, 5.41) is 2.98. The van der Waals surface area contributed by atoms with Crippen molar-refractivity contribution in [2.24, 2.45) is 0 Å². The lowest BCUT2D eigenvalue weighted by Crippen LogP contribution is -2.27. The zero-order chi connectivity index (χ0) is 18.4. The Morgan fingerprint density at radius 1 is 1.04 bits per heavy atom. The van der Waals surface area contributed by atoms with Crippen LogP contribution in [0.2, 0.25) is 0 Å². The van der Waals surface area contributed by atoms with Gasteiger partial charge in [0.2, 0.25) is 11.8 Å². The molecule has 2 amide bonds. The lowest BCUT2D eigenvalue weighted by atomic mass is 10.1. The second-order valence-electron chi connectivity index (χ2n) is 6.66. The van der Waals surface area contributed by atoms with E-state index in [4.69, 9.17) is 5.73 Å². The molecular weight excluding hydrogens is 326 g/mol. The van der Waals surface area contributed by atoms with Crippen molar-refractivity contribution in [2.75, 3.05) is 12.3 Å². The second kappa shape index (κ2) is 8.52. The minimum Gasteiger partial charge on any atom is -0.399 e. The molecule has 26 heavy (non-hydrogen) atoms. The van der Waals surface area contributed by atoms with Crippen molar-refractivity contribution in [3.05, 3.63) is 65.2 Å². The molecule has 3 rings (SSSR count). The maximum absolute atomic E-state index is 12.2. The molecule has 1 aliphatic heterocycles. The van der Waals surface area contributed by atoms with Gasteiger partial charge in [-0.2, -0.15) is 0 Å². The summed E-state index contributed by atoms with van der Waals surface area (Å²) in [6.45, 7) is 1.91. The summed E-state index contributed by atoms with van der Waals surface area (Å²) >= 11 is 0. The number of amides is 2. The van der Waals surface area contributed by atoms with Gasteiger partial charge in [0, 0.05) is 38.2 Å². The van der Waals surface area contributed by atoms with Gasteiger partial charge in [-0.1, -0.05) is 42.5 Å². The Morgan fingerprint density at radius 2 is 1.73 bits per heavy atom. The first kappa shape index (κ1) is 18.0. The van der Waals surface area contributed by atoms with E-state index in [1.54, 1.807) is 0 Å². The van der Waals surface area contributed by atoms with Crippen LogP contribution in [0.15, 0.2) is 48.5 Å². The maximum Gasteiger partial charge on any atom is 0.222 e. The zero-order valence-corrected chi connectivity index (χ0v) is 14.9. The summed E-state index contributed by atoms with van der Waals surface area (Å²) in [6, 6.07) is 15.6. The molecule has 1 heterocycles. The molecule has 0 unspecified atom stereocenters. The van der Waals surface area contributed by atoms with Crippen LogP contribution in [0.1, 0.15) is 36.0 Å². The van der Waals surface area contributed by atoms with Gasteiger partial charge in [0.05, 0.1) is 0 Å². The third-order valence-electron chi connectivity index (χ3n) is 4.80. The number of anilines is 1. The Bertz CT molecular complexity index is 788. The number of carbonyl (C=O) groups is 2. The van der Waals surface area contributed by atoms with Gasteiger partial charge in [-0.15, -0.1) is 0 Å². The molecule has 0 spiro atoms. The molecule has 136 valence electrons. The first-order valence-electron chi connectivity index (χ1n) is 9.08. The molecule has 0 aromatic heterocycles. The predicted molar refractivity (Wildman–Crippen MR) is 102 cm³/mol. The number of nitrogen functional groups attached to an aromatic ring is 1. The largest absolute Gasteiger partial charge is 0.399 e.